The summed E-state index contributed by atoms with van der Waals surface area (Å²) in [5.41, 5.74) is 4.87. The predicted octanol–water partition coefficient (Wildman–Crippen LogP) is 4.58. The van der Waals surface area contributed by atoms with Crippen LogP contribution in [0, 0.1) is 0 Å². The zero-order valence-electron chi connectivity index (χ0n) is 16.2. The molecule has 1 saturated heterocycles. The summed E-state index contributed by atoms with van der Waals surface area (Å²) < 4.78 is 0. The maximum atomic E-state index is 4.47. The Morgan fingerprint density at radius 2 is 1.57 bits per heavy atom. The molecule has 28 heavy (non-hydrogen) atoms. The zero-order chi connectivity index (χ0) is 19.0. The molecule has 3 aromatic rings. The van der Waals surface area contributed by atoms with Crippen LogP contribution in [0.15, 0.2) is 85.1 Å². The van der Waals surface area contributed by atoms with Crippen molar-refractivity contribution in [2.24, 2.45) is 0 Å². The molecular formula is C25H27N3. The molecule has 4 rings (SSSR count). The van der Waals surface area contributed by atoms with Gasteiger partial charge in [0, 0.05) is 51.0 Å². The number of piperazine rings is 1. The fourth-order valence-corrected chi connectivity index (χ4v) is 3.65. The van der Waals surface area contributed by atoms with Gasteiger partial charge in [-0.15, -0.1) is 0 Å². The van der Waals surface area contributed by atoms with E-state index in [4.69, 9.17) is 0 Å². The van der Waals surface area contributed by atoms with E-state index in [2.05, 4.69) is 87.6 Å². The van der Waals surface area contributed by atoms with Gasteiger partial charge in [0.25, 0.3) is 0 Å². The van der Waals surface area contributed by atoms with E-state index in [9.17, 15) is 0 Å². The highest BCUT2D eigenvalue weighted by atomic mass is 15.3. The lowest BCUT2D eigenvalue weighted by molar-refractivity contribution is 0.137. The van der Waals surface area contributed by atoms with Gasteiger partial charge in [-0.25, -0.2) is 0 Å². The van der Waals surface area contributed by atoms with Gasteiger partial charge in [0.1, 0.15) is 0 Å². The molecule has 0 bridgehead atoms. The van der Waals surface area contributed by atoms with E-state index in [1.165, 1.54) is 16.7 Å². The third-order valence-electron chi connectivity index (χ3n) is 5.23. The van der Waals surface area contributed by atoms with Crippen molar-refractivity contribution >= 4 is 6.08 Å². The van der Waals surface area contributed by atoms with Crippen LogP contribution in [0.3, 0.4) is 0 Å². The summed E-state index contributed by atoms with van der Waals surface area (Å²) in [6.45, 7) is 6.52. The number of nitrogens with zero attached hydrogens (tertiary/aromatic N) is 3. The Balaban J connectivity index is 1.27. The van der Waals surface area contributed by atoms with Crippen molar-refractivity contribution in [3.8, 4) is 11.3 Å². The second kappa shape index (κ2) is 9.45. The van der Waals surface area contributed by atoms with Crippen LogP contribution < -0.4 is 0 Å². The zero-order valence-corrected chi connectivity index (χ0v) is 16.2. The van der Waals surface area contributed by atoms with Gasteiger partial charge in [-0.05, 0) is 29.3 Å². The highest BCUT2D eigenvalue weighted by Crippen LogP contribution is 2.19. The molecule has 1 aliphatic rings. The molecule has 0 N–H and O–H groups in total. The summed E-state index contributed by atoms with van der Waals surface area (Å²) in [4.78, 5) is 9.55. The lowest BCUT2D eigenvalue weighted by atomic mass is 10.1. The molecule has 142 valence electrons. The van der Waals surface area contributed by atoms with Crippen LogP contribution in [0.4, 0.5) is 0 Å². The number of rotatable bonds is 6. The van der Waals surface area contributed by atoms with Crippen molar-refractivity contribution in [1.82, 2.24) is 14.8 Å². The smallest absolute Gasteiger partial charge is 0.0702 e. The van der Waals surface area contributed by atoms with Crippen LogP contribution in [-0.4, -0.2) is 47.5 Å². The first kappa shape index (κ1) is 18.6. The number of hydrogen-bond donors (Lipinski definition) is 0. The Morgan fingerprint density at radius 3 is 2.36 bits per heavy atom. The molecule has 1 fully saturated rings. The van der Waals surface area contributed by atoms with E-state index in [0.29, 0.717) is 0 Å². The van der Waals surface area contributed by atoms with Gasteiger partial charge in [0.15, 0.2) is 0 Å². The van der Waals surface area contributed by atoms with E-state index >= 15 is 0 Å². The van der Waals surface area contributed by atoms with Gasteiger partial charge in [0.2, 0.25) is 0 Å². The number of hydrogen-bond acceptors (Lipinski definition) is 3. The minimum absolute atomic E-state index is 1.01. The Morgan fingerprint density at radius 1 is 0.786 bits per heavy atom. The van der Waals surface area contributed by atoms with Gasteiger partial charge >= 0.3 is 0 Å². The Kier molecular flexibility index (Phi) is 6.28. The maximum Gasteiger partial charge on any atom is 0.0702 e. The van der Waals surface area contributed by atoms with E-state index in [1.807, 2.05) is 18.3 Å². The van der Waals surface area contributed by atoms with Crippen LogP contribution in [0.5, 0.6) is 0 Å². The highest BCUT2D eigenvalue weighted by Gasteiger charge is 2.16. The van der Waals surface area contributed by atoms with Crippen LogP contribution in [0.2, 0.25) is 0 Å². The van der Waals surface area contributed by atoms with Gasteiger partial charge in [-0.2, -0.15) is 0 Å². The topological polar surface area (TPSA) is 19.4 Å². The second-order valence-corrected chi connectivity index (χ2v) is 7.31. The van der Waals surface area contributed by atoms with E-state index in [0.717, 1.165) is 45.0 Å². The molecule has 0 spiro atoms. The molecule has 1 aliphatic heterocycles. The molecule has 2 heterocycles. The summed E-state index contributed by atoms with van der Waals surface area (Å²) in [5.74, 6) is 0. The Labute approximate surface area is 168 Å². The number of benzene rings is 2. The molecule has 0 unspecified atom stereocenters. The van der Waals surface area contributed by atoms with Crippen LogP contribution >= 0.6 is 0 Å². The molecule has 1 aromatic heterocycles. The van der Waals surface area contributed by atoms with Crippen LogP contribution in [0.1, 0.15) is 11.1 Å². The summed E-state index contributed by atoms with van der Waals surface area (Å²) in [7, 11) is 0. The first-order valence-corrected chi connectivity index (χ1v) is 10.0. The van der Waals surface area contributed by atoms with Crippen molar-refractivity contribution in [2.75, 3.05) is 32.7 Å². The monoisotopic (exact) mass is 369 g/mol. The summed E-state index contributed by atoms with van der Waals surface area (Å²) >= 11 is 0. The van der Waals surface area contributed by atoms with Crippen molar-refractivity contribution in [1.29, 1.82) is 0 Å². The molecule has 0 radical (unpaired) electrons. The first-order chi connectivity index (χ1) is 13.9. The maximum absolute atomic E-state index is 4.47. The lowest BCUT2D eigenvalue weighted by Crippen LogP contribution is -2.45. The second-order valence-electron chi connectivity index (χ2n) is 7.31. The number of aromatic nitrogens is 1. The summed E-state index contributed by atoms with van der Waals surface area (Å²) in [5, 5.41) is 0. The molecule has 3 nitrogen and oxygen atoms in total. The average Bonchev–Trinajstić information content (AvgIpc) is 2.77. The van der Waals surface area contributed by atoms with Gasteiger partial charge in [-0.1, -0.05) is 66.7 Å². The molecule has 0 atom stereocenters. The van der Waals surface area contributed by atoms with Gasteiger partial charge < -0.3 is 0 Å². The fourth-order valence-electron chi connectivity index (χ4n) is 3.65. The third-order valence-corrected chi connectivity index (χ3v) is 5.23. The molecular weight excluding hydrogens is 342 g/mol. The van der Waals surface area contributed by atoms with Crippen LogP contribution in [-0.2, 0) is 6.54 Å². The third kappa shape index (κ3) is 5.16. The fraction of sp³-hybridized carbons (Fsp3) is 0.240. The van der Waals surface area contributed by atoms with E-state index < -0.39 is 0 Å². The van der Waals surface area contributed by atoms with E-state index in [-0.39, 0.29) is 0 Å². The molecule has 0 saturated carbocycles. The average molecular weight is 370 g/mol. The minimum atomic E-state index is 1.01. The molecule has 2 aromatic carbocycles. The SMILES string of the molecule is C(=Cc1ccccc1)CN1CCN(Cc2cccc(-c3ccccn3)c2)CC1. The van der Waals surface area contributed by atoms with E-state index in [1.54, 1.807) is 0 Å². The Hall–Kier alpha value is -2.75. The van der Waals surface area contributed by atoms with Crippen molar-refractivity contribution in [3.05, 3.63) is 96.2 Å². The van der Waals surface area contributed by atoms with Gasteiger partial charge in [-0.3, -0.25) is 14.8 Å². The summed E-state index contributed by atoms with van der Waals surface area (Å²) in [6, 6.07) is 25.4. The van der Waals surface area contributed by atoms with Crippen LogP contribution in [0.25, 0.3) is 17.3 Å². The highest BCUT2D eigenvalue weighted by molar-refractivity contribution is 5.59. The van der Waals surface area contributed by atoms with Crippen molar-refractivity contribution in [3.63, 3.8) is 0 Å². The largest absolute Gasteiger partial charge is 0.297 e. The molecule has 0 aliphatic carbocycles. The molecule has 3 heteroatoms. The summed E-state index contributed by atoms with van der Waals surface area (Å²) in [6.07, 6.45) is 6.35. The Bertz CT molecular complexity index is 882. The normalized spacial score (nSPS) is 15.9. The predicted molar refractivity (Wildman–Crippen MR) is 117 cm³/mol. The van der Waals surface area contributed by atoms with Crippen molar-refractivity contribution < 1.29 is 0 Å². The minimum Gasteiger partial charge on any atom is -0.297 e. The van der Waals surface area contributed by atoms with Crippen molar-refractivity contribution in [2.45, 2.75) is 6.54 Å². The quantitative estimate of drug-likeness (QED) is 0.634. The number of pyridine rings is 1. The first-order valence-electron chi connectivity index (χ1n) is 10.0. The van der Waals surface area contributed by atoms with Gasteiger partial charge in [0.05, 0.1) is 5.69 Å². The lowest BCUT2D eigenvalue weighted by Gasteiger charge is -2.34. The standard InChI is InChI=1S/C25H27N3/c1-2-8-22(9-3-1)11-7-15-27-16-18-28(19-17-27)21-23-10-6-12-24(20-23)25-13-4-5-14-26-25/h1-14,20H,15-19,21H2. The molecule has 0 amide bonds.